The highest BCUT2D eigenvalue weighted by Crippen LogP contribution is 2.09. The van der Waals surface area contributed by atoms with E-state index in [9.17, 15) is 19.2 Å². The largest absolute Gasteiger partial charge is 0.449 e. The van der Waals surface area contributed by atoms with E-state index in [0.717, 1.165) is 35.1 Å². The molecule has 2 aliphatic rings. The molecule has 2 fully saturated rings. The van der Waals surface area contributed by atoms with Gasteiger partial charge in [-0.1, -0.05) is 60.4 Å². The molecule has 0 atom stereocenters. The van der Waals surface area contributed by atoms with Gasteiger partial charge in [-0.3, -0.25) is 0 Å². The summed E-state index contributed by atoms with van der Waals surface area (Å²) in [6.07, 6.45) is 3.61. The second-order valence-corrected chi connectivity index (χ2v) is 13.1. The molecule has 0 unspecified atom stereocenters. The average Bonchev–Trinajstić information content (AvgIpc) is 3.22. The summed E-state index contributed by atoms with van der Waals surface area (Å²) < 4.78 is 10.8. The molecule has 0 bridgehead atoms. The summed E-state index contributed by atoms with van der Waals surface area (Å²) >= 11 is 0. The van der Waals surface area contributed by atoms with Crippen LogP contribution >= 0.6 is 24.8 Å². The van der Waals surface area contributed by atoms with Crippen LogP contribution in [0, 0.1) is 23.7 Å². The van der Waals surface area contributed by atoms with Crippen LogP contribution < -0.4 is 22.1 Å². The van der Waals surface area contributed by atoms with Crippen molar-refractivity contribution >= 4 is 49.1 Å². The molecule has 14 nitrogen and oxygen atoms in total. The molecule has 56 heavy (non-hydrogen) atoms. The summed E-state index contributed by atoms with van der Waals surface area (Å²) in [7, 11) is 0. The predicted molar refractivity (Wildman–Crippen MR) is 220 cm³/mol. The summed E-state index contributed by atoms with van der Waals surface area (Å²) in [6, 6.07) is 15.3. The minimum absolute atomic E-state index is 0. The van der Waals surface area contributed by atoms with Crippen LogP contribution in [0.25, 0.3) is 0 Å². The van der Waals surface area contributed by atoms with Crippen molar-refractivity contribution in [3.8, 4) is 23.7 Å². The third kappa shape index (κ3) is 16.9. The van der Waals surface area contributed by atoms with Gasteiger partial charge in [0, 0.05) is 91.4 Å². The Morgan fingerprint density at radius 2 is 0.839 bits per heavy atom. The monoisotopic (exact) mass is 814 g/mol. The Hall–Kier alpha value is -4.86. The number of ether oxygens (including phenoxy) is 2. The lowest BCUT2D eigenvalue weighted by atomic mass is 10.1. The van der Waals surface area contributed by atoms with Crippen molar-refractivity contribution in [3.05, 3.63) is 70.8 Å². The van der Waals surface area contributed by atoms with Crippen molar-refractivity contribution in [1.29, 1.82) is 0 Å². The number of carbonyl (C=O) groups is 4. The third-order valence-electron chi connectivity index (χ3n) is 9.14. The molecular formula is C40H56Cl2N8O6. The van der Waals surface area contributed by atoms with Gasteiger partial charge >= 0.3 is 24.2 Å². The molecule has 4 rings (SSSR count). The number of nitrogens with one attached hydrogen (secondary N) is 2. The lowest BCUT2D eigenvalue weighted by molar-refractivity contribution is 0.0803. The van der Waals surface area contributed by atoms with Gasteiger partial charge in [0.25, 0.3) is 0 Å². The lowest BCUT2D eigenvalue weighted by Crippen LogP contribution is -2.53. The Bertz CT molecular complexity index is 1500. The first-order valence-corrected chi connectivity index (χ1v) is 18.8. The molecule has 306 valence electrons. The van der Waals surface area contributed by atoms with Crippen molar-refractivity contribution in [2.24, 2.45) is 11.5 Å². The number of piperazine rings is 2. The highest BCUT2D eigenvalue weighted by atomic mass is 35.5. The highest BCUT2D eigenvalue weighted by molar-refractivity contribution is 5.85. The minimum atomic E-state index is -0.358. The number of urea groups is 2. The zero-order chi connectivity index (χ0) is 38.4. The molecule has 16 heteroatoms. The number of carbonyl (C=O) groups excluding carboxylic acids is 4. The van der Waals surface area contributed by atoms with Crippen molar-refractivity contribution in [1.82, 2.24) is 30.2 Å². The number of hydrogen-bond acceptors (Lipinski definition) is 8. The molecule has 0 radical (unpaired) electrons. The number of amides is 6. The maximum Gasteiger partial charge on any atom is 0.409 e. The maximum absolute atomic E-state index is 12.5. The Morgan fingerprint density at radius 3 is 1.18 bits per heavy atom. The molecule has 0 aliphatic carbocycles. The predicted octanol–water partition coefficient (Wildman–Crippen LogP) is 4.42. The first-order valence-electron chi connectivity index (χ1n) is 18.8. The first kappa shape index (κ1) is 47.3. The van der Waals surface area contributed by atoms with E-state index >= 15 is 0 Å². The van der Waals surface area contributed by atoms with Crippen molar-refractivity contribution in [2.45, 2.75) is 64.7 Å². The molecule has 2 aliphatic heterocycles. The van der Waals surface area contributed by atoms with Crippen LogP contribution in [0.5, 0.6) is 0 Å². The van der Waals surface area contributed by atoms with E-state index in [-0.39, 0.29) is 49.1 Å². The Morgan fingerprint density at radius 1 is 0.518 bits per heavy atom. The van der Waals surface area contributed by atoms with E-state index in [0.29, 0.717) is 117 Å². The van der Waals surface area contributed by atoms with E-state index in [2.05, 4.69) is 34.3 Å². The summed E-state index contributed by atoms with van der Waals surface area (Å²) in [5.74, 6) is 11.8. The topological polar surface area (TPSA) is 176 Å². The smallest absolute Gasteiger partial charge is 0.409 e. The van der Waals surface area contributed by atoms with Crippen molar-refractivity contribution < 1.29 is 28.7 Å². The van der Waals surface area contributed by atoms with E-state index in [1.54, 1.807) is 19.6 Å². The van der Waals surface area contributed by atoms with Crippen molar-refractivity contribution in [2.75, 3.05) is 65.6 Å². The number of nitrogens with two attached hydrogens (primary N) is 2. The van der Waals surface area contributed by atoms with Crippen LogP contribution in [0.2, 0.25) is 0 Å². The number of rotatable bonds is 14. The summed E-state index contributed by atoms with van der Waals surface area (Å²) in [4.78, 5) is 56.6. The van der Waals surface area contributed by atoms with Gasteiger partial charge in [-0.15, -0.1) is 24.8 Å². The third-order valence-corrected chi connectivity index (χ3v) is 9.14. The fourth-order valence-corrected chi connectivity index (χ4v) is 5.70. The van der Waals surface area contributed by atoms with Gasteiger partial charge in [-0.25, -0.2) is 19.2 Å². The van der Waals surface area contributed by atoms with E-state index in [4.69, 9.17) is 20.9 Å². The molecule has 2 aromatic carbocycles. The van der Waals surface area contributed by atoms with Gasteiger partial charge in [0.05, 0.1) is 13.2 Å². The summed E-state index contributed by atoms with van der Waals surface area (Å²) in [5, 5.41) is 5.86. The summed E-state index contributed by atoms with van der Waals surface area (Å²) in [6.45, 7) is 6.00. The number of unbranched alkanes of at least 4 members (excludes halogenated alkanes) is 4. The quantitative estimate of drug-likeness (QED) is 0.160. The molecular weight excluding hydrogens is 759 g/mol. The fraction of sp³-hybridized carbons (Fsp3) is 0.500. The zero-order valence-electron chi connectivity index (χ0n) is 32.0. The lowest BCUT2D eigenvalue weighted by Gasteiger charge is -2.34. The normalized spacial score (nSPS) is 13.4. The van der Waals surface area contributed by atoms with E-state index in [1.807, 2.05) is 48.5 Å². The average molecular weight is 816 g/mol. The van der Waals surface area contributed by atoms with Crippen LogP contribution in [0.1, 0.15) is 60.8 Å². The molecule has 2 aromatic rings. The Kier molecular flexibility index (Phi) is 22.7. The van der Waals surface area contributed by atoms with Crippen LogP contribution in [-0.2, 0) is 35.7 Å². The zero-order valence-corrected chi connectivity index (χ0v) is 33.6. The second kappa shape index (κ2) is 26.9. The number of nitrogens with zero attached hydrogens (tertiary/aromatic N) is 4. The molecule has 2 saturated heterocycles. The standard InChI is InChI=1S/C40H54N8O6.2ClH/c41-29-33-11-15-35(16-12-33)31-43-37(49)45-19-23-47(24-20-45)39(51)53-27-9-7-5-3-1-2-4-6-8-10-28-54-40(52)48-25-21-46(22-26-48)38(50)44-32-36-17-13-34(30-42)14-18-36;;/h11-18H,5-10,19-32,41-42H2,(H,43,49)(H,44,50);2*1H. The van der Waals surface area contributed by atoms with Gasteiger partial charge in [-0.05, 0) is 59.8 Å². The van der Waals surface area contributed by atoms with E-state index < -0.39 is 0 Å². The maximum atomic E-state index is 12.5. The second-order valence-electron chi connectivity index (χ2n) is 13.1. The minimum Gasteiger partial charge on any atom is -0.449 e. The molecule has 0 saturated carbocycles. The van der Waals surface area contributed by atoms with Gasteiger partial charge in [0.15, 0.2) is 0 Å². The number of hydrogen-bond donors (Lipinski definition) is 4. The Balaban J connectivity index is 0.00000541. The number of halogens is 2. The summed E-state index contributed by atoms with van der Waals surface area (Å²) in [5.41, 5.74) is 15.3. The first-order chi connectivity index (χ1) is 26.4. The molecule has 6 amide bonds. The van der Waals surface area contributed by atoms with Gasteiger partial charge in [-0.2, -0.15) is 0 Å². The van der Waals surface area contributed by atoms with Crippen LogP contribution in [0.3, 0.4) is 0 Å². The molecule has 6 N–H and O–H groups in total. The number of benzene rings is 2. The molecule has 0 spiro atoms. The SMILES string of the molecule is Cl.Cl.NCc1ccc(CNC(=O)N2CCN(C(=O)OCCCCC#CC#CCCCCOC(=O)N3CCN(C(=O)NCc4ccc(CN)cc4)CC3)CC2)cc1. The highest BCUT2D eigenvalue weighted by Gasteiger charge is 2.26. The van der Waals surface area contributed by atoms with Crippen LogP contribution in [-0.4, -0.2) is 109 Å². The van der Waals surface area contributed by atoms with Crippen LogP contribution in [0.4, 0.5) is 19.2 Å². The van der Waals surface area contributed by atoms with Gasteiger partial charge < -0.3 is 51.2 Å². The van der Waals surface area contributed by atoms with Gasteiger partial charge in [0.2, 0.25) is 0 Å². The molecule has 0 aromatic heterocycles. The van der Waals surface area contributed by atoms with Gasteiger partial charge in [0.1, 0.15) is 0 Å². The van der Waals surface area contributed by atoms with Crippen molar-refractivity contribution in [3.63, 3.8) is 0 Å². The van der Waals surface area contributed by atoms with E-state index in [1.165, 1.54) is 0 Å². The van der Waals surface area contributed by atoms with Crippen LogP contribution in [0.15, 0.2) is 48.5 Å². The fourth-order valence-electron chi connectivity index (χ4n) is 5.70. The molecule has 2 heterocycles. The Labute approximate surface area is 343 Å².